The van der Waals surface area contributed by atoms with Crippen LogP contribution < -0.4 is 0 Å². The third-order valence-electron chi connectivity index (χ3n) is 2.87. The lowest BCUT2D eigenvalue weighted by Crippen LogP contribution is -1.99. The molecular weight excluding hydrogens is 255 g/mol. The number of nitriles is 1. The largest absolute Gasteiger partial charge is 0.211 e. The van der Waals surface area contributed by atoms with Gasteiger partial charge in [0, 0.05) is 5.56 Å². The third kappa shape index (κ3) is 2.04. The molecule has 5 heteroatoms. The highest BCUT2D eigenvalue weighted by molar-refractivity contribution is 5.66. The SMILES string of the molecule is N#Cc1nnn(-c2ccccc2)c1-c1cccc(F)c1. The van der Waals surface area contributed by atoms with E-state index >= 15 is 0 Å². The Bertz CT molecular complexity index is 787. The Morgan fingerprint density at radius 2 is 1.85 bits per heavy atom. The molecule has 0 amide bonds. The standard InChI is InChI=1S/C15H9FN4/c16-12-6-4-5-11(9-12)15-14(10-17)18-19-20(15)13-7-2-1-3-8-13/h1-9H. The Hall–Kier alpha value is -3.00. The van der Waals surface area contributed by atoms with Crippen molar-refractivity contribution >= 4 is 0 Å². The Labute approximate surface area is 114 Å². The molecule has 0 radical (unpaired) electrons. The Balaban J connectivity index is 2.24. The Morgan fingerprint density at radius 3 is 2.55 bits per heavy atom. The first-order chi connectivity index (χ1) is 9.79. The lowest BCUT2D eigenvalue weighted by Gasteiger charge is -2.06. The molecule has 0 N–H and O–H groups in total. The van der Waals surface area contributed by atoms with E-state index in [-0.39, 0.29) is 11.5 Å². The summed E-state index contributed by atoms with van der Waals surface area (Å²) in [6.45, 7) is 0. The molecule has 0 saturated carbocycles. The maximum atomic E-state index is 13.4. The smallest absolute Gasteiger partial charge is 0.191 e. The number of aromatic nitrogens is 3. The topological polar surface area (TPSA) is 54.5 Å². The summed E-state index contributed by atoms with van der Waals surface area (Å²) in [7, 11) is 0. The van der Waals surface area contributed by atoms with Gasteiger partial charge in [-0.3, -0.25) is 0 Å². The fourth-order valence-corrected chi connectivity index (χ4v) is 2.00. The van der Waals surface area contributed by atoms with Crippen LogP contribution in [-0.2, 0) is 0 Å². The normalized spacial score (nSPS) is 10.2. The van der Waals surface area contributed by atoms with Gasteiger partial charge in [0.15, 0.2) is 5.69 Å². The van der Waals surface area contributed by atoms with Crippen LogP contribution >= 0.6 is 0 Å². The molecule has 1 heterocycles. The maximum Gasteiger partial charge on any atom is 0.191 e. The van der Waals surface area contributed by atoms with Crippen LogP contribution in [-0.4, -0.2) is 15.0 Å². The van der Waals surface area contributed by atoms with E-state index in [9.17, 15) is 4.39 Å². The van der Waals surface area contributed by atoms with E-state index in [0.29, 0.717) is 11.3 Å². The van der Waals surface area contributed by atoms with Crippen molar-refractivity contribution in [2.24, 2.45) is 0 Å². The number of benzene rings is 2. The van der Waals surface area contributed by atoms with Crippen molar-refractivity contribution in [1.29, 1.82) is 5.26 Å². The average molecular weight is 264 g/mol. The molecule has 96 valence electrons. The van der Waals surface area contributed by atoms with Gasteiger partial charge in [-0.25, -0.2) is 9.07 Å². The zero-order valence-corrected chi connectivity index (χ0v) is 10.4. The van der Waals surface area contributed by atoms with Crippen LogP contribution in [0.1, 0.15) is 5.69 Å². The van der Waals surface area contributed by atoms with Crippen LogP contribution in [0.4, 0.5) is 4.39 Å². The highest BCUT2D eigenvalue weighted by Crippen LogP contribution is 2.25. The van der Waals surface area contributed by atoms with Crippen LogP contribution in [0.5, 0.6) is 0 Å². The zero-order valence-electron chi connectivity index (χ0n) is 10.4. The summed E-state index contributed by atoms with van der Waals surface area (Å²) in [6, 6.07) is 17.3. The van der Waals surface area contributed by atoms with E-state index in [1.807, 2.05) is 36.4 Å². The van der Waals surface area contributed by atoms with E-state index in [4.69, 9.17) is 5.26 Å². The first kappa shape index (κ1) is 12.1. The molecule has 3 aromatic rings. The molecule has 2 aromatic carbocycles. The van der Waals surface area contributed by atoms with Crippen LogP contribution in [0, 0.1) is 17.1 Å². The highest BCUT2D eigenvalue weighted by atomic mass is 19.1. The molecule has 0 aliphatic carbocycles. The van der Waals surface area contributed by atoms with Crippen molar-refractivity contribution in [3.8, 4) is 23.0 Å². The van der Waals surface area contributed by atoms with Crippen molar-refractivity contribution in [3.05, 3.63) is 66.1 Å². The number of nitrogens with zero attached hydrogens (tertiary/aromatic N) is 4. The van der Waals surface area contributed by atoms with Crippen LogP contribution in [0.3, 0.4) is 0 Å². The van der Waals surface area contributed by atoms with Crippen molar-refractivity contribution in [2.75, 3.05) is 0 Å². The molecule has 0 aliphatic heterocycles. The fraction of sp³-hybridized carbons (Fsp3) is 0. The molecule has 0 spiro atoms. The quantitative estimate of drug-likeness (QED) is 0.715. The predicted molar refractivity (Wildman–Crippen MR) is 71.5 cm³/mol. The monoisotopic (exact) mass is 264 g/mol. The molecule has 4 nitrogen and oxygen atoms in total. The first-order valence-electron chi connectivity index (χ1n) is 5.97. The molecule has 0 fully saturated rings. The van der Waals surface area contributed by atoms with Crippen LogP contribution in [0.25, 0.3) is 16.9 Å². The summed E-state index contributed by atoms with van der Waals surface area (Å²) in [5.74, 6) is -0.368. The second-order valence-corrected chi connectivity index (χ2v) is 4.16. The minimum absolute atomic E-state index is 0.166. The van der Waals surface area contributed by atoms with E-state index in [1.54, 1.807) is 12.1 Å². The van der Waals surface area contributed by atoms with Gasteiger partial charge >= 0.3 is 0 Å². The zero-order chi connectivity index (χ0) is 13.9. The van der Waals surface area contributed by atoms with Gasteiger partial charge in [-0.15, -0.1) is 5.10 Å². The molecule has 20 heavy (non-hydrogen) atoms. The highest BCUT2D eigenvalue weighted by Gasteiger charge is 2.16. The first-order valence-corrected chi connectivity index (χ1v) is 5.97. The third-order valence-corrected chi connectivity index (χ3v) is 2.87. The number of halogens is 1. The maximum absolute atomic E-state index is 13.4. The molecule has 0 atom stereocenters. The molecular formula is C15H9FN4. The number of hydrogen-bond donors (Lipinski definition) is 0. The van der Waals surface area contributed by atoms with Crippen molar-refractivity contribution in [2.45, 2.75) is 0 Å². The van der Waals surface area contributed by atoms with Gasteiger partial charge in [-0.2, -0.15) is 5.26 Å². The molecule has 1 aromatic heterocycles. The molecule has 3 rings (SSSR count). The van der Waals surface area contributed by atoms with Crippen molar-refractivity contribution in [1.82, 2.24) is 15.0 Å². The summed E-state index contributed by atoms with van der Waals surface area (Å²) < 4.78 is 14.9. The predicted octanol–water partition coefficient (Wildman–Crippen LogP) is 2.95. The van der Waals surface area contributed by atoms with E-state index in [1.165, 1.54) is 16.8 Å². The van der Waals surface area contributed by atoms with Crippen molar-refractivity contribution < 1.29 is 4.39 Å². The minimum atomic E-state index is -0.368. The van der Waals surface area contributed by atoms with Gasteiger partial charge in [0.2, 0.25) is 0 Å². The summed E-state index contributed by atoms with van der Waals surface area (Å²) in [4.78, 5) is 0. The van der Waals surface area contributed by atoms with Gasteiger partial charge in [-0.1, -0.05) is 35.5 Å². The van der Waals surface area contributed by atoms with Gasteiger partial charge in [-0.05, 0) is 24.3 Å². The Kier molecular flexibility index (Phi) is 2.98. The van der Waals surface area contributed by atoms with E-state index in [2.05, 4.69) is 10.3 Å². The summed E-state index contributed by atoms with van der Waals surface area (Å²) in [6.07, 6.45) is 0. The van der Waals surface area contributed by atoms with Gasteiger partial charge in [0.05, 0.1) is 5.69 Å². The molecule has 0 bridgehead atoms. The Morgan fingerprint density at radius 1 is 1.05 bits per heavy atom. The summed E-state index contributed by atoms with van der Waals surface area (Å²) in [5.41, 5.74) is 1.98. The number of para-hydroxylation sites is 1. The lowest BCUT2D eigenvalue weighted by molar-refractivity contribution is 0.628. The second-order valence-electron chi connectivity index (χ2n) is 4.16. The average Bonchev–Trinajstić information content (AvgIpc) is 2.92. The second kappa shape index (κ2) is 4.94. The fourth-order valence-electron chi connectivity index (χ4n) is 2.00. The van der Waals surface area contributed by atoms with Crippen molar-refractivity contribution in [3.63, 3.8) is 0 Å². The van der Waals surface area contributed by atoms with Crippen LogP contribution in [0.15, 0.2) is 54.6 Å². The van der Waals surface area contributed by atoms with E-state index < -0.39 is 0 Å². The summed E-state index contributed by atoms with van der Waals surface area (Å²) >= 11 is 0. The number of rotatable bonds is 2. The number of hydrogen-bond acceptors (Lipinski definition) is 3. The molecule has 0 unspecified atom stereocenters. The van der Waals surface area contributed by atoms with Gasteiger partial charge in [0.1, 0.15) is 17.6 Å². The molecule has 0 aliphatic rings. The van der Waals surface area contributed by atoms with E-state index in [0.717, 1.165) is 5.69 Å². The summed E-state index contributed by atoms with van der Waals surface area (Å²) in [5, 5.41) is 17.0. The van der Waals surface area contributed by atoms with Gasteiger partial charge < -0.3 is 0 Å². The van der Waals surface area contributed by atoms with Gasteiger partial charge in [0.25, 0.3) is 0 Å². The lowest BCUT2D eigenvalue weighted by atomic mass is 10.1. The molecule has 0 saturated heterocycles. The minimum Gasteiger partial charge on any atom is -0.211 e. The van der Waals surface area contributed by atoms with Crippen LogP contribution in [0.2, 0.25) is 0 Å².